The lowest BCUT2D eigenvalue weighted by atomic mass is 9.70. The molecule has 4 aliphatic rings. The highest BCUT2D eigenvalue weighted by molar-refractivity contribution is 7.90. The fraction of sp³-hybridized carbons (Fsp3) is 0.586. The standard InChI is InChI=1S/C29H36O7S2/c1-26(2)22-10-12-28(26,16-37(5,32)33)24(30)20(22)14-18-6-8-19(9-7-18)15-21-23-11-13-29(25(21)31,27(23,3)4)17-38(34,35)36/h6-9,14-15,22-23H,10-13,16-17H2,1-5H3,(H,34,35,36)/b20-14-,21-15-. The Balaban J connectivity index is 1.44. The molecule has 0 amide bonds. The molecule has 206 valence electrons. The molecule has 0 spiro atoms. The van der Waals surface area contributed by atoms with Crippen LogP contribution in [-0.2, 0) is 29.5 Å². The Morgan fingerprint density at radius 1 is 0.763 bits per heavy atom. The Kier molecular flexibility index (Phi) is 5.93. The molecule has 0 heterocycles. The minimum Gasteiger partial charge on any atom is -0.294 e. The van der Waals surface area contributed by atoms with E-state index in [1.165, 1.54) is 6.26 Å². The summed E-state index contributed by atoms with van der Waals surface area (Å²) in [6, 6.07) is 7.50. The SMILES string of the molecule is CC1(C)C2CCC1(CS(C)(=O)=O)C(=O)/C2=C\c1ccc(/C=C2\C(=O)C3(CS(=O)(=O)O)CCC2C3(C)C)cc1. The summed E-state index contributed by atoms with van der Waals surface area (Å²) in [7, 11) is -7.64. The van der Waals surface area contributed by atoms with Gasteiger partial charge < -0.3 is 0 Å². The molecule has 4 fully saturated rings. The second kappa shape index (κ2) is 8.21. The number of benzene rings is 1. The van der Waals surface area contributed by atoms with Gasteiger partial charge in [-0.15, -0.1) is 0 Å². The maximum Gasteiger partial charge on any atom is 0.265 e. The van der Waals surface area contributed by atoms with Crippen molar-refractivity contribution in [2.45, 2.75) is 53.4 Å². The number of fused-ring (bicyclic) bond motifs is 4. The van der Waals surface area contributed by atoms with Crippen LogP contribution in [0.15, 0.2) is 35.4 Å². The fourth-order valence-corrected chi connectivity index (χ4v) is 11.2. The third kappa shape index (κ3) is 3.83. The molecular formula is C29H36O7S2. The molecule has 5 rings (SSSR count). The number of carbonyl (C=O) groups is 2. The lowest BCUT2D eigenvalue weighted by Gasteiger charge is -2.35. The van der Waals surface area contributed by atoms with E-state index in [-0.39, 0.29) is 29.2 Å². The molecule has 7 nitrogen and oxygen atoms in total. The first-order valence-electron chi connectivity index (χ1n) is 13.1. The van der Waals surface area contributed by atoms with Gasteiger partial charge in [-0.25, -0.2) is 8.42 Å². The van der Waals surface area contributed by atoms with E-state index in [9.17, 15) is 31.0 Å². The molecule has 4 bridgehead atoms. The molecule has 9 heteroatoms. The van der Waals surface area contributed by atoms with Gasteiger partial charge in [-0.05, 0) is 71.6 Å². The second-order valence-corrected chi connectivity index (χ2v) is 16.7. The van der Waals surface area contributed by atoms with Gasteiger partial charge in [-0.3, -0.25) is 14.1 Å². The largest absolute Gasteiger partial charge is 0.294 e. The average Bonchev–Trinajstić information content (AvgIpc) is 3.27. The van der Waals surface area contributed by atoms with Crippen LogP contribution in [0.4, 0.5) is 0 Å². The van der Waals surface area contributed by atoms with Gasteiger partial charge in [0.25, 0.3) is 10.1 Å². The maximum atomic E-state index is 13.5. The summed E-state index contributed by atoms with van der Waals surface area (Å²) in [6.45, 7) is 7.83. The summed E-state index contributed by atoms with van der Waals surface area (Å²) in [5, 5.41) is 0. The predicted molar refractivity (Wildman–Crippen MR) is 146 cm³/mol. The molecule has 1 aromatic carbocycles. The van der Waals surface area contributed by atoms with Crippen molar-refractivity contribution in [1.82, 2.24) is 0 Å². The number of Topliss-reactive ketones (excluding diaryl/α,β-unsaturated/α-hetero) is 2. The summed E-state index contributed by atoms with van der Waals surface area (Å²) in [4.78, 5) is 27.0. The van der Waals surface area contributed by atoms with Crippen molar-refractivity contribution in [2.24, 2.45) is 33.5 Å². The van der Waals surface area contributed by atoms with Crippen LogP contribution in [0.5, 0.6) is 0 Å². The minimum atomic E-state index is -4.32. The van der Waals surface area contributed by atoms with E-state index >= 15 is 0 Å². The zero-order chi connectivity index (χ0) is 28.1. The van der Waals surface area contributed by atoms with Crippen LogP contribution in [0, 0.1) is 33.5 Å². The number of carbonyl (C=O) groups excluding carboxylic acids is 2. The van der Waals surface area contributed by atoms with Gasteiger partial charge >= 0.3 is 0 Å². The minimum absolute atomic E-state index is 0.00595. The lowest BCUT2D eigenvalue weighted by Crippen LogP contribution is -2.42. The van der Waals surface area contributed by atoms with Gasteiger partial charge in [0.2, 0.25) is 0 Å². The average molecular weight is 561 g/mol. The first kappa shape index (κ1) is 27.5. The third-order valence-corrected chi connectivity index (χ3v) is 12.5. The zero-order valence-electron chi connectivity index (χ0n) is 22.6. The van der Waals surface area contributed by atoms with E-state index < -0.39 is 47.4 Å². The van der Waals surface area contributed by atoms with Crippen molar-refractivity contribution in [1.29, 1.82) is 0 Å². The highest BCUT2D eigenvalue weighted by atomic mass is 32.2. The van der Waals surface area contributed by atoms with Crippen molar-refractivity contribution < 1.29 is 31.0 Å². The van der Waals surface area contributed by atoms with E-state index in [0.717, 1.165) is 17.5 Å². The molecular weight excluding hydrogens is 524 g/mol. The molecule has 4 saturated carbocycles. The van der Waals surface area contributed by atoms with E-state index in [0.29, 0.717) is 30.4 Å². The number of ketones is 2. The summed E-state index contributed by atoms with van der Waals surface area (Å²) in [6.07, 6.45) is 7.41. The zero-order valence-corrected chi connectivity index (χ0v) is 24.2. The van der Waals surface area contributed by atoms with Gasteiger partial charge in [0.15, 0.2) is 11.6 Å². The van der Waals surface area contributed by atoms with Crippen LogP contribution >= 0.6 is 0 Å². The van der Waals surface area contributed by atoms with Gasteiger partial charge in [0, 0.05) is 17.4 Å². The summed E-state index contributed by atoms with van der Waals surface area (Å²) in [5.41, 5.74) is -0.0857. The maximum absolute atomic E-state index is 13.5. The Bertz CT molecular complexity index is 1400. The van der Waals surface area contributed by atoms with E-state index in [2.05, 4.69) is 0 Å². The smallest absolute Gasteiger partial charge is 0.265 e. The first-order valence-corrected chi connectivity index (χ1v) is 16.8. The van der Waals surface area contributed by atoms with Crippen molar-refractivity contribution in [3.8, 4) is 0 Å². The van der Waals surface area contributed by atoms with E-state index in [1.54, 1.807) is 0 Å². The normalized spacial score (nSPS) is 35.6. The van der Waals surface area contributed by atoms with Crippen molar-refractivity contribution in [3.05, 3.63) is 46.5 Å². The lowest BCUT2D eigenvalue weighted by molar-refractivity contribution is -0.125. The molecule has 0 saturated heterocycles. The number of sulfone groups is 1. The Labute approximate surface area is 225 Å². The highest BCUT2D eigenvalue weighted by Crippen LogP contribution is 2.67. The van der Waals surface area contributed by atoms with Crippen molar-refractivity contribution in [2.75, 3.05) is 17.8 Å². The van der Waals surface area contributed by atoms with Crippen LogP contribution in [0.1, 0.15) is 64.5 Å². The van der Waals surface area contributed by atoms with Crippen molar-refractivity contribution >= 4 is 43.7 Å². The molecule has 1 aromatic rings. The number of hydrogen-bond donors (Lipinski definition) is 1. The van der Waals surface area contributed by atoms with Crippen LogP contribution in [0.25, 0.3) is 12.2 Å². The summed E-state index contributed by atoms with van der Waals surface area (Å²) < 4.78 is 57.5. The van der Waals surface area contributed by atoms with Gasteiger partial charge in [0.1, 0.15) is 9.84 Å². The molecule has 4 aliphatic carbocycles. The van der Waals surface area contributed by atoms with E-state index in [1.807, 2.05) is 64.1 Å². The third-order valence-electron chi connectivity index (χ3n) is 10.6. The summed E-state index contributed by atoms with van der Waals surface area (Å²) in [5.74, 6) is -1.03. The number of allylic oxidation sites excluding steroid dienone is 2. The van der Waals surface area contributed by atoms with Crippen LogP contribution in [-0.4, -0.2) is 50.7 Å². The predicted octanol–water partition coefficient (Wildman–Crippen LogP) is 4.40. The Morgan fingerprint density at radius 2 is 1.13 bits per heavy atom. The fourth-order valence-electron chi connectivity index (χ4n) is 8.37. The van der Waals surface area contributed by atoms with E-state index in [4.69, 9.17) is 0 Å². The molecule has 1 N–H and O–H groups in total. The highest BCUT2D eigenvalue weighted by Gasteiger charge is 2.68. The monoisotopic (exact) mass is 560 g/mol. The molecule has 38 heavy (non-hydrogen) atoms. The molecule has 4 unspecified atom stereocenters. The second-order valence-electron chi connectivity index (χ2n) is 13.1. The van der Waals surface area contributed by atoms with Crippen LogP contribution < -0.4 is 0 Å². The number of hydrogen-bond acceptors (Lipinski definition) is 6. The van der Waals surface area contributed by atoms with Gasteiger partial charge in [0.05, 0.1) is 22.3 Å². The molecule has 4 atom stereocenters. The van der Waals surface area contributed by atoms with Crippen LogP contribution in [0.2, 0.25) is 0 Å². The first-order chi connectivity index (χ1) is 17.3. The molecule has 0 radical (unpaired) electrons. The molecule has 0 aliphatic heterocycles. The quantitative estimate of drug-likeness (QED) is 0.404. The van der Waals surface area contributed by atoms with Crippen LogP contribution in [0.3, 0.4) is 0 Å². The van der Waals surface area contributed by atoms with Crippen molar-refractivity contribution in [3.63, 3.8) is 0 Å². The van der Waals surface area contributed by atoms with Gasteiger partial charge in [-0.1, -0.05) is 52.0 Å². The Morgan fingerprint density at radius 3 is 1.47 bits per heavy atom. The van der Waals surface area contributed by atoms with Gasteiger partial charge in [-0.2, -0.15) is 8.42 Å². The topological polar surface area (TPSA) is 123 Å². The summed E-state index contributed by atoms with van der Waals surface area (Å²) >= 11 is 0. The molecule has 0 aromatic heterocycles. The number of rotatable bonds is 6. The Hall–Kier alpha value is -2.10.